The van der Waals surface area contributed by atoms with Crippen molar-refractivity contribution in [2.24, 2.45) is 4.99 Å². The molecule has 0 saturated carbocycles. The Hall–Kier alpha value is -1.45. The van der Waals surface area contributed by atoms with Gasteiger partial charge in [0.15, 0.2) is 0 Å². The minimum atomic E-state index is 0.683. The lowest BCUT2D eigenvalue weighted by atomic mass is 10.2. The second-order valence-corrected chi connectivity index (χ2v) is 6.75. The lowest BCUT2D eigenvalue weighted by molar-refractivity contribution is 0.552. The van der Waals surface area contributed by atoms with E-state index in [-0.39, 0.29) is 0 Å². The number of rotatable bonds is 5. The van der Waals surface area contributed by atoms with Gasteiger partial charge in [-0.05, 0) is 50.1 Å². The Balaban J connectivity index is 2.27. The zero-order valence-corrected chi connectivity index (χ0v) is 15.0. The molecular formula is C18H21ClN2S. The van der Waals surface area contributed by atoms with Crippen molar-refractivity contribution in [2.45, 2.75) is 30.6 Å². The molecule has 0 fully saturated rings. The average Bonchev–Trinajstić information content (AvgIpc) is 2.51. The fourth-order valence-electron chi connectivity index (χ4n) is 1.89. The minimum Gasteiger partial charge on any atom is -0.366 e. The van der Waals surface area contributed by atoms with E-state index >= 15 is 0 Å². The van der Waals surface area contributed by atoms with Crippen LogP contribution in [0.15, 0.2) is 51.2 Å². The fourth-order valence-corrected chi connectivity index (χ4v) is 3.18. The van der Waals surface area contributed by atoms with Crippen molar-refractivity contribution in [3.05, 3.63) is 52.5 Å². The topological polar surface area (TPSA) is 15.6 Å². The molecule has 22 heavy (non-hydrogen) atoms. The summed E-state index contributed by atoms with van der Waals surface area (Å²) in [4.78, 5) is 8.90. The number of hydrogen-bond acceptors (Lipinski definition) is 2. The molecule has 0 N–H and O–H groups in total. The highest BCUT2D eigenvalue weighted by molar-refractivity contribution is 7.99. The second kappa shape index (κ2) is 7.70. The molecule has 2 aromatic rings. The third-order valence-electron chi connectivity index (χ3n) is 3.45. The summed E-state index contributed by atoms with van der Waals surface area (Å²) in [6, 6.07) is 12.4. The van der Waals surface area contributed by atoms with Crippen LogP contribution in [-0.4, -0.2) is 24.8 Å². The summed E-state index contributed by atoms with van der Waals surface area (Å²) >= 11 is 8.13. The van der Waals surface area contributed by atoms with Crippen molar-refractivity contribution >= 4 is 35.4 Å². The predicted molar refractivity (Wildman–Crippen MR) is 97.9 cm³/mol. The molecule has 4 heteroatoms. The molecule has 2 aromatic carbocycles. The monoisotopic (exact) mass is 332 g/mol. The van der Waals surface area contributed by atoms with Crippen molar-refractivity contribution in [1.82, 2.24) is 4.90 Å². The van der Waals surface area contributed by atoms with Crippen LogP contribution in [0.25, 0.3) is 0 Å². The first-order valence-corrected chi connectivity index (χ1v) is 8.48. The molecule has 0 atom stereocenters. The summed E-state index contributed by atoms with van der Waals surface area (Å²) in [6.45, 7) is 7.22. The lowest BCUT2D eigenvalue weighted by Gasteiger charge is -2.11. The van der Waals surface area contributed by atoms with E-state index in [4.69, 9.17) is 11.6 Å². The summed E-state index contributed by atoms with van der Waals surface area (Å²) in [6.07, 6.45) is 1.81. The summed E-state index contributed by atoms with van der Waals surface area (Å²) in [5, 5.41) is 0.683. The number of aliphatic imine (C=N–C) groups is 1. The van der Waals surface area contributed by atoms with Gasteiger partial charge in [-0.25, -0.2) is 4.99 Å². The van der Waals surface area contributed by atoms with Crippen LogP contribution in [0.2, 0.25) is 5.02 Å². The van der Waals surface area contributed by atoms with Crippen LogP contribution in [-0.2, 0) is 0 Å². The van der Waals surface area contributed by atoms with Gasteiger partial charge < -0.3 is 4.90 Å². The zero-order chi connectivity index (χ0) is 16.1. The molecule has 0 aliphatic heterocycles. The lowest BCUT2D eigenvalue weighted by Crippen LogP contribution is -2.14. The van der Waals surface area contributed by atoms with E-state index in [1.54, 1.807) is 11.8 Å². The van der Waals surface area contributed by atoms with E-state index in [2.05, 4.69) is 50.0 Å². The molecule has 2 rings (SSSR count). The van der Waals surface area contributed by atoms with Crippen LogP contribution in [0.1, 0.15) is 18.1 Å². The standard InChI is InChI=1S/C18H21ClN2S/c1-5-21(4)12-20-16-10-14(3)18(11-15(16)19)22-17-9-7-6-8-13(17)2/h6-12H,5H2,1-4H3. The Morgan fingerprint density at radius 1 is 1.14 bits per heavy atom. The normalized spacial score (nSPS) is 11.1. The summed E-state index contributed by atoms with van der Waals surface area (Å²) in [7, 11) is 1.99. The zero-order valence-electron chi connectivity index (χ0n) is 13.4. The van der Waals surface area contributed by atoms with Gasteiger partial charge in [-0.15, -0.1) is 0 Å². The Kier molecular flexibility index (Phi) is 5.92. The minimum absolute atomic E-state index is 0.683. The third-order valence-corrected chi connectivity index (χ3v) is 5.09. The van der Waals surface area contributed by atoms with Crippen LogP contribution in [0.3, 0.4) is 0 Å². The van der Waals surface area contributed by atoms with E-state index in [1.165, 1.54) is 20.9 Å². The van der Waals surface area contributed by atoms with Gasteiger partial charge in [-0.2, -0.15) is 0 Å². The molecule has 0 aromatic heterocycles. The average molecular weight is 333 g/mol. The van der Waals surface area contributed by atoms with E-state index < -0.39 is 0 Å². The van der Waals surface area contributed by atoms with Crippen molar-refractivity contribution in [1.29, 1.82) is 0 Å². The maximum Gasteiger partial charge on any atom is 0.0910 e. The number of hydrogen-bond donors (Lipinski definition) is 0. The molecule has 116 valence electrons. The van der Waals surface area contributed by atoms with Gasteiger partial charge in [0, 0.05) is 23.4 Å². The molecule has 0 bridgehead atoms. The van der Waals surface area contributed by atoms with E-state index in [0.717, 1.165) is 12.2 Å². The number of halogens is 1. The third kappa shape index (κ3) is 4.28. The molecule has 0 aliphatic rings. The van der Waals surface area contributed by atoms with Crippen LogP contribution in [0, 0.1) is 13.8 Å². The van der Waals surface area contributed by atoms with Crippen molar-refractivity contribution in [2.75, 3.05) is 13.6 Å². The Labute approximate surface area is 142 Å². The molecular weight excluding hydrogens is 312 g/mol. The quantitative estimate of drug-likeness (QED) is 0.514. The second-order valence-electron chi connectivity index (χ2n) is 5.25. The van der Waals surface area contributed by atoms with Crippen molar-refractivity contribution in [3.8, 4) is 0 Å². The maximum absolute atomic E-state index is 6.39. The Bertz CT molecular complexity index is 683. The highest BCUT2D eigenvalue weighted by atomic mass is 35.5. The molecule has 0 radical (unpaired) electrons. The van der Waals surface area contributed by atoms with E-state index in [9.17, 15) is 0 Å². The number of nitrogens with zero attached hydrogens (tertiary/aromatic N) is 2. The summed E-state index contributed by atoms with van der Waals surface area (Å²) in [5.74, 6) is 0. The van der Waals surface area contributed by atoms with Crippen molar-refractivity contribution < 1.29 is 0 Å². The van der Waals surface area contributed by atoms with Gasteiger partial charge in [0.1, 0.15) is 0 Å². The van der Waals surface area contributed by atoms with Crippen LogP contribution in [0.5, 0.6) is 0 Å². The van der Waals surface area contributed by atoms with Gasteiger partial charge in [-0.3, -0.25) is 0 Å². The first kappa shape index (κ1) is 16.9. The van der Waals surface area contributed by atoms with Gasteiger partial charge in [0.05, 0.1) is 17.0 Å². The van der Waals surface area contributed by atoms with Crippen LogP contribution < -0.4 is 0 Å². The first-order chi connectivity index (χ1) is 10.5. The molecule has 2 nitrogen and oxygen atoms in total. The van der Waals surface area contributed by atoms with Gasteiger partial charge in [0.2, 0.25) is 0 Å². The SMILES string of the molecule is CCN(C)C=Nc1cc(C)c(Sc2ccccc2C)cc1Cl. The van der Waals surface area contributed by atoms with Crippen LogP contribution in [0.4, 0.5) is 5.69 Å². The molecule has 0 amide bonds. The number of aryl methyl sites for hydroxylation is 2. The molecule has 0 unspecified atom stereocenters. The Morgan fingerprint density at radius 3 is 2.55 bits per heavy atom. The number of benzene rings is 2. The smallest absolute Gasteiger partial charge is 0.0910 e. The van der Waals surface area contributed by atoms with Gasteiger partial charge >= 0.3 is 0 Å². The highest BCUT2D eigenvalue weighted by Gasteiger charge is 2.08. The summed E-state index contributed by atoms with van der Waals surface area (Å²) in [5.41, 5.74) is 3.27. The van der Waals surface area contributed by atoms with Gasteiger partial charge in [-0.1, -0.05) is 41.6 Å². The molecule has 0 heterocycles. The largest absolute Gasteiger partial charge is 0.366 e. The van der Waals surface area contributed by atoms with Gasteiger partial charge in [0.25, 0.3) is 0 Å². The maximum atomic E-state index is 6.39. The molecule has 0 aliphatic carbocycles. The summed E-state index contributed by atoms with van der Waals surface area (Å²) < 4.78 is 0. The fraction of sp³-hybridized carbons (Fsp3) is 0.278. The molecule has 0 saturated heterocycles. The van der Waals surface area contributed by atoms with Crippen LogP contribution >= 0.6 is 23.4 Å². The predicted octanol–water partition coefficient (Wildman–Crippen LogP) is 5.72. The van der Waals surface area contributed by atoms with E-state index in [1.807, 2.05) is 30.4 Å². The highest BCUT2D eigenvalue weighted by Crippen LogP contribution is 2.37. The molecule has 0 spiro atoms. The van der Waals surface area contributed by atoms with Crippen molar-refractivity contribution in [3.63, 3.8) is 0 Å². The van der Waals surface area contributed by atoms with E-state index in [0.29, 0.717) is 5.02 Å². The Morgan fingerprint density at radius 2 is 1.86 bits per heavy atom. The first-order valence-electron chi connectivity index (χ1n) is 7.29.